The van der Waals surface area contributed by atoms with Crippen molar-refractivity contribution >= 4 is 22.8 Å². The van der Waals surface area contributed by atoms with Crippen LogP contribution in [0.2, 0.25) is 0 Å². The molecule has 5 heteroatoms. The molecule has 1 aromatic heterocycles. The van der Waals surface area contributed by atoms with Crippen LogP contribution in [0.15, 0.2) is 64.2 Å². The molecule has 0 saturated carbocycles. The third kappa shape index (κ3) is 3.20. The average Bonchev–Trinajstić information content (AvgIpc) is 2.98. The van der Waals surface area contributed by atoms with Crippen LogP contribution in [0.3, 0.4) is 0 Å². The van der Waals surface area contributed by atoms with E-state index in [2.05, 4.69) is 10.1 Å². The summed E-state index contributed by atoms with van der Waals surface area (Å²) in [6.07, 6.45) is 0.172. The molecule has 0 radical (unpaired) electrons. The van der Waals surface area contributed by atoms with Gasteiger partial charge in [-0.05, 0) is 24.6 Å². The lowest BCUT2D eigenvalue weighted by atomic mass is 10.2. The molecule has 0 saturated heterocycles. The maximum Gasteiger partial charge on any atom is 0.339 e. The quantitative estimate of drug-likeness (QED) is 0.420. The van der Waals surface area contributed by atoms with Crippen LogP contribution < -0.4 is 0 Å². The monoisotopic (exact) mass is 294 g/mol. The molecule has 0 spiro atoms. The number of carbonyl (C=O) groups excluding carboxylic acids is 1. The summed E-state index contributed by atoms with van der Waals surface area (Å²) in [5.74, 6) is -0.0876. The van der Waals surface area contributed by atoms with Crippen LogP contribution in [-0.2, 0) is 16.1 Å². The fraction of sp³-hybridized carbons (Fsp3) is 0.118. The summed E-state index contributed by atoms with van der Waals surface area (Å²) in [6, 6.07) is 16.8. The number of hydrogen-bond acceptors (Lipinski definition) is 5. The van der Waals surface area contributed by atoms with Crippen LogP contribution in [0, 0.1) is 0 Å². The van der Waals surface area contributed by atoms with Crippen molar-refractivity contribution in [1.82, 2.24) is 4.98 Å². The van der Waals surface area contributed by atoms with Gasteiger partial charge in [0, 0.05) is 0 Å². The van der Waals surface area contributed by atoms with Gasteiger partial charge in [-0.3, -0.25) is 0 Å². The van der Waals surface area contributed by atoms with Crippen LogP contribution in [0.4, 0.5) is 0 Å². The number of para-hydroxylation sites is 2. The Balaban J connectivity index is 1.68. The first kappa shape index (κ1) is 14.0. The number of hydrogen-bond donors (Lipinski definition) is 0. The Morgan fingerprint density at radius 3 is 2.64 bits per heavy atom. The highest BCUT2D eigenvalue weighted by atomic mass is 16.7. The van der Waals surface area contributed by atoms with Gasteiger partial charge in [0.15, 0.2) is 5.58 Å². The van der Waals surface area contributed by atoms with Crippen molar-refractivity contribution in [2.24, 2.45) is 5.16 Å². The molecule has 0 amide bonds. The van der Waals surface area contributed by atoms with Crippen molar-refractivity contribution in [3.8, 4) is 0 Å². The molecule has 0 aliphatic heterocycles. The fourth-order valence-electron chi connectivity index (χ4n) is 1.98. The second kappa shape index (κ2) is 6.22. The molecule has 0 atom stereocenters. The van der Waals surface area contributed by atoms with E-state index in [0.717, 1.165) is 11.1 Å². The zero-order valence-corrected chi connectivity index (χ0v) is 12.0. The van der Waals surface area contributed by atoms with E-state index in [1.54, 1.807) is 6.92 Å². The maximum atomic E-state index is 11.7. The standard InChI is InChI=1S/C17H14N2O3/c1-12(17-18-14-9-5-6-10-15(14)21-17)19-22-16(20)11-13-7-3-2-4-8-13/h2-10H,11H2,1H3/b19-12+. The minimum Gasteiger partial charge on any atom is -0.435 e. The molecule has 22 heavy (non-hydrogen) atoms. The lowest BCUT2D eigenvalue weighted by Crippen LogP contribution is -2.06. The lowest BCUT2D eigenvalue weighted by molar-refractivity contribution is -0.142. The van der Waals surface area contributed by atoms with Crippen molar-refractivity contribution in [3.63, 3.8) is 0 Å². The summed E-state index contributed by atoms with van der Waals surface area (Å²) < 4.78 is 5.55. The van der Waals surface area contributed by atoms with Gasteiger partial charge in [-0.1, -0.05) is 47.6 Å². The summed E-state index contributed by atoms with van der Waals surface area (Å²) >= 11 is 0. The third-order valence-electron chi connectivity index (χ3n) is 3.08. The first-order valence-corrected chi connectivity index (χ1v) is 6.87. The zero-order chi connectivity index (χ0) is 15.4. The van der Waals surface area contributed by atoms with Crippen molar-refractivity contribution < 1.29 is 14.0 Å². The van der Waals surface area contributed by atoms with Gasteiger partial charge >= 0.3 is 5.97 Å². The number of oxazole rings is 1. The Labute approximate surface area is 127 Å². The molecular weight excluding hydrogens is 280 g/mol. The molecule has 0 aliphatic rings. The van der Waals surface area contributed by atoms with Crippen LogP contribution in [0.25, 0.3) is 11.1 Å². The molecule has 3 rings (SSSR count). The van der Waals surface area contributed by atoms with E-state index in [1.807, 2.05) is 54.6 Å². The topological polar surface area (TPSA) is 64.7 Å². The Morgan fingerprint density at radius 1 is 1.14 bits per heavy atom. The first-order chi connectivity index (χ1) is 10.7. The van der Waals surface area contributed by atoms with Gasteiger partial charge in [-0.2, -0.15) is 0 Å². The van der Waals surface area contributed by atoms with Crippen LogP contribution >= 0.6 is 0 Å². The van der Waals surface area contributed by atoms with Gasteiger partial charge < -0.3 is 9.25 Å². The summed E-state index contributed by atoms with van der Waals surface area (Å²) in [6.45, 7) is 1.68. The van der Waals surface area contributed by atoms with Crippen molar-refractivity contribution in [2.45, 2.75) is 13.3 Å². The van der Waals surface area contributed by atoms with E-state index < -0.39 is 5.97 Å². The molecule has 0 unspecified atom stereocenters. The van der Waals surface area contributed by atoms with Gasteiger partial charge in [-0.25, -0.2) is 9.78 Å². The van der Waals surface area contributed by atoms with Crippen molar-refractivity contribution in [2.75, 3.05) is 0 Å². The number of benzene rings is 2. The van der Waals surface area contributed by atoms with Crippen molar-refractivity contribution in [3.05, 3.63) is 66.1 Å². The largest absolute Gasteiger partial charge is 0.435 e. The fourth-order valence-corrected chi connectivity index (χ4v) is 1.98. The summed E-state index contributed by atoms with van der Waals surface area (Å²) in [7, 11) is 0. The number of fused-ring (bicyclic) bond motifs is 1. The van der Waals surface area contributed by atoms with E-state index in [4.69, 9.17) is 9.25 Å². The van der Waals surface area contributed by atoms with E-state index >= 15 is 0 Å². The predicted octanol–water partition coefficient (Wildman–Crippen LogP) is 3.34. The number of oxime groups is 1. The first-order valence-electron chi connectivity index (χ1n) is 6.87. The third-order valence-corrected chi connectivity index (χ3v) is 3.08. The van der Waals surface area contributed by atoms with E-state index in [9.17, 15) is 4.79 Å². The lowest BCUT2D eigenvalue weighted by Gasteiger charge is -1.99. The maximum absolute atomic E-state index is 11.7. The van der Waals surface area contributed by atoms with Crippen LogP contribution in [-0.4, -0.2) is 16.7 Å². The van der Waals surface area contributed by atoms with Crippen molar-refractivity contribution in [1.29, 1.82) is 0 Å². The molecule has 0 N–H and O–H groups in total. The number of nitrogens with zero attached hydrogens (tertiary/aromatic N) is 2. The molecular formula is C17H14N2O3. The second-order valence-corrected chi connectivity index (χ2v) is 4.79. The summed E-state index contributed by atoms with van der Waals surface area (Å²) in [5, 5.41) is 3.80. The number of rotatable bonds is 4. The van der Waals surface area contributed by atoms with E-state index in [0.29, 0.717) is 17.2 Å². The Bertz CT molecular complexity index is 789. The minimum absolute atomic E-state index is 0.172. The highest BCUT2D eigenvalue weighted by molar-refractivity contribution is 5.96. The highest BCUT2D eigenvalue weighted by Gasteiger charge is 2.10. The SMILES string of the molecule is C/C(=N\OC(=O)Cc1ccccc1)c1nc2ccccc2o1. The Kier molecular flexibility index (Phi) is 3.96. The smallest absolute Gasteiger partial charge is 0.339 e. The van der Waals surface area contributed by atoms with Gasteiger partial charge in [-0.15, -0.1) is 0 Å². The van der Waals surface area contributed by atoms with Crippen LogP contribution in [0.1, 0.15) is 18.4 Å². The summed E-state index contributed by atoms with van der Waals surface area (Å²) in [4.78, 5) is 20.9. The normalized spacial score (nSPS) is 11.6. The molecule has 2 aromatic carbocycles. The van der Waals surface area contributed by atoms with Gasteiger partial charge in [0.05, 0.1) is 6.42 Å². The average molecular weight is 294 g/mol. The van der Waals surface area contributed by atoms with Crippen LogP contribution in [0.5, 0.6) is 0 Å². The molecule has 110 valence electrons. The molecule has 0 aliphatic carbocycles. The molecule has 0 bridgehead atoms. The Morgan fingerprint density at radius 2 is 1.86 bits per heavy atom. The molecule has 3 aromatic rings. The van der Waals surface area contributed by atoms with E-state index in [1.165, 1.54) is 0 Å². The van der Waals surface area contributed by atoms with Gasteiger partial charge in [0.25, 0.3) is 0 Å². The highest BCUT2D eigenvalue weighted by Crippen LogP contribution is 2.15. The number of aromatic nitrogens is 1. The molecule has 5 nitrogen and oxygen atoms in total. The minimum atomic E-state index is -0.429. The molecule has 1 heterocycles. The Hall–Kier alpha value is -2.95. The van der Waals surface area contributed by atoms with Gasteiger partial charge in [0.1, 0.15) is 11.2 Å². The number of carbonyl (C=O) groups is 1. The summed E-state index contributed by atoms with van der Waals surface area (Å²) in [5.41, 5.74) is 2.70. The molecule has 0 fully saturated rings. The predicted molar refractivity (Wildman–Crippen MR) is 82.5 cm³/mol. The van der Waals surface area contributed by atoms with E-state index in [-0.39, 0.29) is 6.42 Å². The van der Waals surface area contributed by atoms with Gasteiger partial charge in [0.2, 0.25) is 5.89 Å². The second-order valence-electron chi connectivity index (χ2n) is 4.79. The zero-order valence-electron chi connectivity index (χ0n) is 12.0.